The molecule has 0 amide bonds. The standard InChI is InChI=1S/C23H26ClFN8O3/c1-32(9-6-25)10-8-28-18-12-21(36-2)19(11-20(18)33(34)35)30-23-29-14-16(24)22(31-23)15(13-26)17-5-3-4-7-27-17/h3-5,7,11-14,26-28H,6,8-10H2,1-2H3,(H,29,30,31)/b17-15+,26-13?. The third-order valence-corrected chi connectivity index (χ3v) is 5.46. The highest BCUT2D eigenvalue weighted by atomic mass is 35.5. The summed E-state index contributed by atoms with van der Waals surface area (Å²) < 4.78 is 17.9. The van der Waals surface area contributed by atoms with Crippen LogP contribution >= 0.6 is 11.6 Å². The van der Waals surface area contributed by atoms with Crippen LogP contribution in [-0.4, -0.2) is 66.5 Å². The topological polar surface area (TPSA) is 141 Å². The lowest BCUT2D eigenvalue weighted by Crippen LogP contribution is -2.27. The van der Waals surface area contributed by atoms with Gasteiger partial charge in [-0.2, -0.15) is 0 Å². The molecule has 0 atom stereocenters. The van der Waals surface area contributed by atoms with E-state index in [9.17, 15) is 14.5 Å². The number of nitro benzene ring substituents is 1. The zero-order valence-electron chi connectivity index (χ0n) is 19.7. The molecule has 4 N–H and O–H groups in total. The largest absolute Gasteiger partial charge is 0.494 e. The lowest BCUT2D eigenvalue weighted by Gasteiger charge is -2.17. The normalized spacial score (nSPS) is 13.8. The van der Waals surface area contributed by atoms with Gasteiger partial charge < -0.3 is 31.0 Å². The molecule has 36 heavy (non-hydrogen) atoms. The van der Waals surface area contributed by atoms with Gasteiger partial charge in [-0.3, -0.25) is 10.1 Å². The van der Waals surface area contributed by atoms with Crippen LogP contribution in [0.2, 0.25) is 5.02 Å². The molecule has 1 aliphatic rings. The van der Waals surface area contributed by atoms with Crippen molar-refractivity contribution in [3.63, 3.8) is 0 Å². The van der Waals surface area contributed by atoms with E-state index in [0.29, 0.717) is 35.8 Å². The minimum Gasteiger partial charge on any atom is -0.494 e. The highest BCUT2D eigenvalue weighted by Gasteiger charge is 2.20. The Hall–Kier alpha value is -4.03. The van der Waals surface area contributed by atoms with E-state index in [2.05, 4.69) is 25.9 Å². The Balaban J connectivity index is 1.91. The molecule has 3 rings (SSSR count). The van der Waals surface area contributed by atoms with Gasteiger partial charge >= 0.3 is 0 Å². The fourth-order valence-electron chi connectivity index (χ4n) is 3.34. The summed E-state index contributed by atoms with van der Waals surface area (Å²) in [4.78, 5) is 21.6. The van der Waals surface area contributed by atoms with Crippen molar-refractivity contribution < 1.29 is 14.1 Å². The number of nitrogens with one attached hydrogen (secondary N) is 4. The Morgan fingerprint density at radius 3 is 2.81 bits per heavy atom. The molecule has 0 bridgehead atoms. The van der Waals surface area contributed by atoms with Crippen molar-refractivity contribution in [2.24, 2.45) is 0 Å². The quantitative estimate of drug-likeness (QED) is 0.186. The van der Waals surface area contributed by atoms with Crippen LogP contribution in [0.4, 0.5) is 27.4 Å². The van der Waals surface area contributed by atoms with Crippen LogP contribution in [-0.2, 0) is 0 Å². The van der Waals surface area contributed by atoms with Gasteiger partial charge in [0, 0.05) is 55.5 Å². The Kier molecular flexibility index (Phi) is 9.31. The number of ether oxygens (including phenoxy) is 1. The van der Waals surface area contributed by atoms with Gasteiger partial charge in [0.1, 0.15) is 18.1 Å². The minimum atomic E-state index is -0.515. The third-order valence-electron chi connectivity index (χ3n) is 5.18. The van der Waals surface area contributed by atoms with Crippen LogP contribution in [0.25, 0.3) is 5.57 Å². The number of allylic oxidation sites excluding steroid dienone is 4. The molecule has 0 fully saturated rings. The molecule has 2 aromatic rings. The van der Waals surface area contributed by atoms with Gasteiger partial charge in [0.15, 0.2) is 0 Å². The van der Waals surface area contributed by atoms with E-state index in [-0.39, 0.29) is 34.6 Å². The van der Waals surface area contributed by atoms with Crippen molar-refractivity contribution in [3.05, 3.63) is 69.3 Å². The molecule has 13 heteroatoms. The molecule has 0 saturated heterocycles. The molecule has 0 unspecified atom stereocenters. The van der Waals surface area contributed by atoms with E-state index < -0.39 is 11.6 Å². The number of anilines is 3. The fraction of sp³-hybridized carbons (Fsp3) is 0.261. The number of rotatable bonds is 12. The number of nitro groups is 1. The average Bonchev–Trinajstić information content (AvgIpc) is 2.87. The van der Waals surface area contributed by atoms with Crippen LogP contribution in [0.5, 0.6) is 5.75 Å². The molecule has 0 aliphatic carbocycles. The molecule has 1 aromatic heterocycles. The molecule has 0 saturated carbocycles. The maximum absolute atomic E-state index is 12.5. The number of likely N-dealkylation sites (N-methyl/N-ethyl adjacent to an activating group) is 1. The summed E-state index contributed by atoms with van der Waals surface area (Å²) in [7, 11) is 3.20. The summed E-state index contributed by atoms with van der Waals surface area (Å²) in [6, 6.07) is 2.82. The minimum absolute atomic E-state index is 0.103. The fourth-order valence-corrected chi connectivity index (χ4v) is 3.53. The molecule has 11 nitrogen and oxygen atoms in total. The van der Waals surface area contributed by atoms with Crippen LogP contribution in [0.15, 0.2) is 48.5 Å². The van der Waals surface area contributed by atoms with Crippen LogP contribution in [0.3, 0.4) is 0 Å². The number of hydrogen-bond acceptors (Lipinski definition) is 10. The number of benzene rings is 1. The van der Waals surface area contributed by atoms with E-state index in [4.69, 9.17) is 21.7 Å². The lowest BCUT2D eigenvalue weighted by molar-refractivity contribution is -0.383. The third kappa shape index (κ3) is 6.55. The summed E-state index contributed by atoms with van der Waals surface area (Å²) in [5.41, 5.74) is 1.69. The monoisotopic (exact) mass is 516 g/mol. The number of nitrogens with zero attached hydrogens (tertiary/aromatic N) is 4. The smallest absolute Gasteiger partial charge is 0.294 e. The first kappa shape index (κ1) is 26.6. The summed E-state index contributed by atoms with van der Waals surface area (Å²) in [5, 5.41) is 28.8. The summed E-state index contributed by atoms with van der Waals surface area (Å²) in [6.07, 6.45) is 9.61. The summed E-state index contributed by atoms with van der Waals surface area (Å²) in [6.45, 7) is 0.672. The second kappa shape index (κ2) is 12.6. The second-order valence-electron chi connectivity index (χ2n) is 7.60. The number of hydrogen-bond donors (Lipinski definition) is 4. The summed E-state index contributed by atoms with van der Waals surface area (Å²) in [5.74, 6) is 0.416. The first-order chi connectivity index (χ1) is 17.4. The highest BCUT2D eigenvalue weighted by molar-refractivity contribution is 6.33. The summed E-state index contributed by atoms with van der Waals surface area (Å²) >= 11 is 6.32. The zero-order valence-corrected chi connectivity index (χ0v) is 20.5. The maximum atomic E-state index is 12.5. The average molecular weight is 517 g/mol. The number of methoxy groups -OCH3 is 1. The van der Waals surface area contributed by atoms with Crippen LogP contribution < -0.4 is 20.7 Å². The van der Waals surface area contributed by atoms with Crippen molar-refractivity contribution in [1.29, 1.82) is 5.41 Å². The predicted octanol–water partition coefficient (Wildman–Crippen LogP) is 4.14. The Labute approximate surface area is 212 Å². The Morgan fingerprint density at radius 1 is 1.36 bits per heavy atom. The van der Waals surface area contributed by atoms with Gasteiger partial charge in [-0.15, -0.1) is 0 Å². The van der Waals surface area contributed by atoms with Gasteiger partial charge in [-0.05, 0) is 19.2 Å². The lowest BCUT2D eigenvalue weighted by atomic mass is 10.1. The van der Waals surface area contributed by atoms with Crippen molar-refractivity contribution in [1.82, 2.24) is 20.2 Å². The molecule has 0 radical (unpaired) electrons. The number of aromatic nitrogens is 2. The van der Waals surface area contributed by atoms with Gasteiger partial charge in [0.2, 0.25) is 5.95 Å². The van der Waals surface area contributed by atoms with Crippen LogP contribution in [0.1, 0.15) is 5.69 Å². The Morgan fingerprint density at radius 2 is 2.17 bits per heavy atom. The predicted molar refractivity (Wildman–Crippen MR) is 139 cm³/mol. The van der Waals surface area contributed by atoms with Crippen molar-refractivity contribution in [2.45, 2.75) is 0 Å². The molecular weight excluding hydrogens is 491 g/mol. The SMILES string of the molecule is COc1cc(NCCN(C)CCF)c([N+](=O)[O-])cc1Nc1ncc(Cl)c(/C(C=N)=C2\C=CC=CN2)n1. The molecule has 1 aliphatic heterocycles. The van der Waals surface area contributed by atoms with Crippen molar-refractivity contribution in [3.8, 4) is 5.75 Å². The maximum Gasteiger partial charge on any atom is 0.294 e. The highest BCUT2D eigenvalue weighted by Crippen LogP contribution is 2.37. The van der Waals surface area contributed by atoms with Crippen molar-refractivity contribution in [2.75, 3.05) is 51.1 Å². The van der Waals surface area contributed by atoms with E-state index >= 15 is 0 Å². The van der Waals surface area contributed by atoms with Crippen molar-refractivity contribution >= 4 is 46.4 Å². The van der Waals surface area contributed by atoms with E-state index in [1.54, 1.807) is 30.3 Å². The number of halogens is 2. The second-order valence-corrected chi connectivity index (χ2v) is 8.00. The first-order valence-electron chi connectivity index (χ1n) is 10.9. The van der Waals surface area contributed by atoms with Gasteiger partial charge in [0.05, 0.1) is 34.6 Å². The zero-order chi connectivity index (χ0) is 26.1. The number of dihydropyridines is 1. The van der Waals surface area contributed by atoms with Gasteiger partial charge in [-0.1, -0.05) is 17.7 Å². The van der Waals surface area contributed by atoms with E-state index in [1.165, 1.54) is 25.4 Å². The van der Waals surface area contributed by atoms with Crippen LogP contribution in [0, 0.1) is 15.5 Å². The molecule has 2 heterocycles. The number of alkyl halides is 1. The molecule has 0 spiro atoms. The molecule has 190 valence electrons. The Bertz CT molecular complexity index is 1220. The van der Waals surface area contributed by atoms with E-state index in [0.717, 1.165) is 6.21 Å². The van der Waals surface area contributed by atoms with Gasteiger partial charge in [-0.25, -0.2) is 14.4 Å². The van der Waals surface area contributed by atoms with E-state index in [1.807, 2.05) is 6.08 Å². The first-order valence-corrected chi connectivity index (χ1v) is 11.2. The molecular formula is C23H26ClFN8O3. The molecule has 1 aromatic carbocycles. The van der Waals surface area contributed by atoms with Gasteiger partial charge in [0.25, 0.3) is 5.69 Å².